The topological polar surface area (TPSA) is 51.5 Å². The first kappa shape index (κ1) is 20.1. The van der Waals surface area contributed by atoms with Crippen LogP contribution in [0, 0.1) is 3.57 Å². The maximum absolute atomic E-state index is 12.2. The molecule has 7 heteroatoms. The normalized spacial score (nSPS) is 11.0. The van der Waals surface area contributed by atoms with Crippen molar-refractivity contribution in [2.75, 3.05) is 0 Å². The van der Waals surface area contributed by atoms with Crippen LogP contribution in [0.5, 0.6) is 11.5 Å². The van der Waals surface area contributed by atoms with Gasteiger partial charge in [-0.15, -0.1) is 0 Å². The van der Waals surface area contributed by atoms with E-state index in [1.54, 1.807) is 34.9 Å². The number of fused-ring (bicyclic) bond motifs is 1. The number of carbonyl (C=O) groups is 1. The maximum atomic E-state index is 12.2. The fraction of sp³-hybridized carbons (Fsp3) is 0.0455. The number of aromatic carboxylic acids is 1. The Morgan fingerprint density at radius 3 is 2.41 bits per heavy atom. The number of ether oxygens (including phenoxy) is 1. The summed E-state index contributed by atoms with van der Waals surface area (Å²) in [6.45, 7) is 0.354. The van der Waals surface area contributed by atoms with Gasteiger partial charge in [-0.25, -0.2) is 4.79 Å². The van der Waals surface area contributed by atoms with Crippen LogP contribution < -0.4 is 4.74 Å². The third-order valence-corrected chi connectivity index (χ3v) is 5.61. The molecule has 0 spiro atoms. The van der Waals surface area contributed by atoms with Crippen molar-refractivity contribution in [3.63, 3.8) is 0 Å². The van der Waals surface area contributed by atoms with E-state index in [0.29, 0.717) is 27.7 Å². The number of carboxylic acids is 1. The molecule has 4 nitrogen and oxygen atoms in total. The van der Waals surface area contributed by atoms with E-state index < -0.39 is 5.97 Å². The SMILES string of the molecule is O=C(O)c1c(Oc2cccc(I)c2)c2cc(Cl)ccc2n1Cc1ccc(Cl)cc1. The minimum atomic E-state index is -1.08. The summed E-state index contributed by atoms with van der Waals surface area (Å²) in [7, 11) is 0. The fourth-order valence-corrected chi connectivity index (χ4v) is 4.01. The van der Waals surface area contributed by atoms with Crippen molar-refractivity contribution in [2.45, 2.75) is 6.54 Å². The van der Waals surface area contributed by atoms with Crippen molar-refractivity contribution < 1.29 is 14.6 Å². The summed E-state index contributed by atoms with van der Waals surface area (Å²) < 4.78 is 8.78. The lowest BCUT2D eigenvalue weighted by Gasteiger charge is -2.10. The van der Waals surface area contributed by atoms with Gasteiger partial charge in [0.05, 0.1) is 5.52 Å². The zero-order valence-corrected chi connectivity index (χ0v) is 18.6. The number of hydrogen-bond donors (Lipinski definition) is 1. The van der Waals surface area contributed by atoms with Crippen LogP contribution in [0.2, 0.25) is 10.0 Å². The van der Waals surface area contributed by atoms with Crippen LogP contribution in [0.4, 0.5) is 0 Å². The summed E-state index contributed by atoms with van der Waals surface area (Å²) in [6.07, 6.45) is 0. The van der Waals surface area contributed by atoms with Crippen LogP contribution in [0.25, 0.3) is 10.9 Å². The van der Waals surface area contributed by atoms with E-state index in [2.05, 4.69) is 22.6 Å². The van der Waals surface area contributed by atoms with E-state index in [1.807, 2.05) is 36.4 Å². The molecule has 0 atom stereocenters. The molecule has 0 amide bonds. The summed E-state index contributed by atoms with van der Waals surface area (Å²) in [6, 6.07) is 20.0. The van der Waals surface area contributed by atoms with Crippen molar-refractivity contribution in [3.05, 3.63) is 91.6 Å². The molecular formula is C22H14Cl2INO3. The molecular weight excluding hydrogens is 524 g/mol. The Hall–Kier alpha value is -2.22. The van der Waals surface area contributed by atoms with Crippen LogP contribution in [-0.2, 0) is 6.54 Å². The summed E-state index contributed by atoms with van der Waals surface area (Å²) in [5, 5.41) is 11.8. The smallest absolute Gasteiger partial charge is 0.356 e. The average molecular weight is 538 g/mol. The molecule has 0 fully saturated rings. The Morgan fingerprint density at radius 2 is 1.72 bits per heavy atom. The minimum absolute atomic E-state index is 0.0658. The predicted molar refractivity (Wildman–Crippen MR) is 124 cm³/mol. The Morgan fingerprint density at radius 1 is 1.00 bits per heavy atom. The van der Waals surface area contributed by atoms with E-state index in [-0.39, 0.29) is 11.4 Å². The van der Waals surface area contributed by atoms with Crippen molar-refractivity contribution >= 4 is 62.7 Å². The molecule has 1 aromatic heterocycles. The minimum Gasteiger partial charge on any atom is -0.476 e. The van der Waals surface area contributed by atoms with Crippen LogP contribution in [-0.4, -0.2) is 15.6 Å². The third-order valence-electron chi connectivity index (χ3n) is 4.45. The lowest BCUT2D eigenvalue weighted by Crippen LogP contribution is -2.10. The van der Waals surface area contributed by atoms with Crippen LogP contribution in [0.15, 0.2) is 66.7 Å². The molecule has 0 aliphatic rings. The number of nitrogens with zero attached hydrogens (tertiary/aromatic N) is 1. The zero-order valence-electron chi connectivity index (χ0n) is 14.9. The van der Waals surface area contributed by atoms with E-state index in [0.717, 1.165) is 14.7 Å². The second kappa shape index (κ2) is 8.26. The first-order valence-corrected chi connectivity index (χ1v) is 10.5. The molecule has 0 aliphatic carbocycles. The molecule has 29 heavy (non-hydrogen) atoms. The predicted octanol–water partition coefficient (Wildman–Crippen LogP) is 7.09. The van der Waals surface area contributed by atoms with Crippen LogP contribution in [0.3, 0.4) is 0 Å². The third kappa shape index (κ3) is 4.22. The molecule has 4 aromatic rings. The summed E-state index contributed by atoms with van der Waals surface area (Å²) in [5.41, 5.74) is 1.71. The standard InChI is InChI=1S/C22H14Cl2INO3/c23-14-6-4-13(5-7-14)12-26-19-9-8-15(24)10-18(19)21(20(26)22(27)28)29-17-3-1-2-16(25)11-17/h1-11H,12H2,(H,27,28). The lowest BCUT2D eigenvalue weighted by atomic mass is 10.2. The molecule has 3 aromatic carbocycles. The molecule has 0 unspecified atom stereocenters. The van der Waals surface area contributed by atoms with Gasteiger partial charge in [-0.3, -0.25) is 0 Å². The zero-order chi connectivity index (χ0) is 20.5. The molecule has 0 bridgehead atoms. The Bertz CT molecular complexity index is 1220. The van der Waals surface area contributed by atoms with Gasteiger partial charge < -0.3 is 14.4 Å². The fourth-order valence-electron chi connectivity index (χ4n) is 3.20. The van der Waals surface area contributed by atoms with Gasteiger partial charge in [0.25, 0.3) is 0 Å². The van der Waals surface area contributed by atoms with Gasteiger partial charge in [0.15, 0.2) is 11.4 Å². The Kier molecular flexibility index (Phi) is 5.72. The maximum Gasteiger partial charge on any atom is 0.356 e. The molecule has 4 rings (SSSR count). The first-order chi connectivity index (χ1) is 13.9. The van der Waals surface area contributed by atoms with Crippen LogP contribution >= 0.6 is 45.8 Å². The second-order valence-corrected chi connectivity index (χ2v) is 8.53. The Balaban J connectivity index is 1.91. The van der Waals surface area contributed by atoms with Crippen molar-refractivity contribution in [1.29, 1.82) is 0 Å². The monoisotopic (exact) mass is 537 g/mol. The molecule has 1 heterocycles. The number of benzene rings is 3. The summed E-state index contributed by atoms with van der Waals surface area (Å²) in [4.78, 5) is 12.2. The van der Waals surface area contributed by atoms with Gasteiger partial charge in [-0.2, -0.15) is 0 Å². The van der Waals surface area contributed by atoms with Gasteiger partial charge in [0, 0.05) is 25.5 Å². The number of carboxylic acid groups (broad SMARTS) is 1. The van der Waals surface area contributed by atoms with E-state index in [9.17, 15) is 9.90 Å². The second-order valence-electron chi connectivity index (χ2n) is 6.42. The number of hydrogen-bond acceptors (Lipinski definition) is 2. The number of halogens is 3. The van der Waals surface area contributed by atoms with E-state index in [1.165, 1.54) is 0 Å². The molecule has 0 radical (unpaired) electrons. The quantitative estimate of drug-likeness (QED) is 0.276. The molecule has 0 saturated carbocycles. The van der Waals surface area contributed by atoms with Gasteiger partial charge >= 0.3 is 5.97 Å². The van der Waals surface area contributed by atoms with Gasteiger partial charge in [0.2, 0.25) is 0 Å². The van der Waals surface area contributed by atoms with E-state index >= 15 is 0 Å². The highest BCUT2D eigenvalue weighted by Crippen LogP contribution is 2.38. The number of aromatic nitrogens is 1. The Labute approximate surface area is 190 Å². The van der Waals surface area contributed by atoms with Crippen molar-refractivity contribution in [3.8, 4) is 11.5 Å². The first-order valence-electron chi connectivity index (χ1n) is 8.65. The van der Waals surface area contributed by atoms with Gasteiger partial charge in [-0.1, -0.05) is 41.4 Å². The van der Waals surface area contributed by atoms with Gasteiger partial charge in [0.1, 0.15) is 5.75 Å². The highest BCUT2D eigenvalue weighted by atomic mass is 127. The molecule has 1 N–H and O–H groups in total. The molecule has 0 saturated heterocycles. The summed E-state index contributed by atoms with van der Waals surface area (Å²) in [5.74, 6) is -0.247. The van der Waals surface area contributed by atoms with Crippen LogP contribution in [0.1, 0.15) is 16.1 Å². The van der Waals surface area contributed by atoms with Gasteiger partial charge in [-0.05, 0) is 76.7 Å². The average Bonchev–Trinajstić information content (AvgIpc) is 2.96. The van der Waals surface area contributed by atoms with Crippen molar-refractivity contribution in [1.82, 2.24) is 4.57 Å². The van der Waals surface area contributed by atoms with Crippen molar-refractivity contribution in [2.24, 2.45) is 0 Å². The number of rotatable bonds is 5. The molecule has 146 valence electrons. The summed E-state index contributed by atoms with van der Waals surface area (Å²) >= 11 is 14.4. The highest BCUT2D eigenvalue weighted by molar-refractivity contribution is 14.1. The largest absolute Gasteiger partial charge is 0.476 e. The molecule has 0 aliphatic heterocycles. The lowest BCUT2D eigenvalue weighted by molar-refractivity contribution is 0.0683. The highest BCUT2D eigenvalue weighted by Gasteiger charge is 2.25. The van der Waals surface area contributed by atoms with E-state index in [4.69, 9.17) is 27.9 Å².